The summed E-state index contributed by atoms with van der Waals surface area (Å²) < 4.78 is 2.09. The Hall–Kier alpha value is -0.830. The molecule has 0 atom stereocenters. The van der Waals surface area contributed by atoms with Crippen molar-refractivity contribution in [2.75, 3.05) is 0 Å². The third kappa shape index (κ3) is 8.36. The first kappa shape index (κ1) is 17.2. The summed E-state index contributed by atoms with van der Waals surface area (Å²) in [7, 11) is 0. The second-order valence-electron chi connectivity index (χ2n) is 6.84. The Morgan fingerprint density at radius 1 is 1.05 bits per heavy atom. The van der Waals surface area contributed by atoms with Gasteiger partial charge in [0.05, 0.1) is 6.20 Å². The summed E-state index contributed by atoms with van der Waals surface area (Å²) in [4.78, 5) is 0. The Kier molecular flexibility index (Phi) is 7.90. The molecule has 116 valence electrons. The maximum absolute atomic E-state index is 4.44. The number of nitrogens with zero attached hydrogens (tertiary/aromatic N) is 2. The van der Waals surface area contributed by atoms with Crippen molar-refractivity contribution in [2.45, 2.75) is 91.3 Å². The fourth-order valence-corrected chi connectivity index (χ4v) is 2.22. The van der Waals surface area contributed by atoms with Crippen LogP contribution in [0.25, 0.3) is 0 Å². The van der Waals surface area contributed by atoms with Crippen molar-refractivity contribution >= 4 is 0 Å². The molecule has 0 fully saturated rings. The van der Waals surface area contributed by atoms with Gasteiger partial charge >= 0.3 is 0 Å². The number of aromatic nitrogens is 2. The van der Waals surface area contributed by atoms with E-state index >= 15 is 0 Å². The SMILES string of the molecule is CCCCCCCCCn1cc(CNC(C)(C)C)cn1. The molecule has 20 heavy (non-hydrogen) atoms. The number of unbranched alkanes of at least 4 members (excludes halogenated alkanes) is 6. The Balaban J connectivity index is 2.11. The first-order valence-corrected chi connectivity index (χ1v) is 8.27. The smallest absolute Gasteiger partial charge is 0.0534 e. The second kappa shape index (κ2) is 9.17. The standard InChI is InChI=1S/C17H33N3/c1-5-6-7-8-9-10-11-12-20-15-16(14-19-20)13-18-17(2,3)4/h14-15,18H,5-13H2,1-4H3. The van der Waals surface area contributed by atoms with E-state index in [1.54, 1.807) is 0 Å². The highest BCUT2D eigenvalue weighted by atomic mass is 15.3. The molecule has 0 aliphatic carbocycles. The predicted octanol–water partition coefficient (Wildman–Crippen LogP) is 4.52. The first-order chi connectivity index (χ1) is 9.51. The molecule has 1 rings (SSSR count). The van der Waals surface area contributed by atoms with E-state index in [0.29, 0.717) is 0 Å². The van der Waals surface area contributed by atoms with Crippen molar-refractivity contribution in [3.05, 3.63) is 18.0 Å². The molecule has 1 aromatic heterocycles. The average molecular weight is 279 g/mol. The molecule has 0 unspecified atom stereocenters. The van der Waals surface area contributed by atoms with Gasteiger partial charge in [-0.25, -0.2) is 0 Å². The van der Waals surface area contributed by atoms with Crippen molar-refractivity contribution in [3.8, 4) is 0 Å². The lowest BCUT2D eigenvalue weighted by Gasteiger charge is -2.19. The number of hydrogen-bond acceptors (Lipinski definition) is 2. The van der Waals surface area contributed by atoms with Gasteiger partial charge in [0.2, 0.25) is 0 Å². The summed E-state index contributed by atoms with van der Waals surface area (Å²) in [6, 6.07) is 0. The molecule has 0 radical (unpaired) electrons. The molecular formula is C17H33N3. The zero-order valence-electron chi connectivity index (χ0n) is 13.9. The van der Waals surface area contributed by atoms with Gasteiger partial charge in [-0.3, -0.25) is 4.68 Å². The van der Waals surface area contributed by atoms with Gasteiger partial charge in [-0.1, -0.05) is 45.4 Å². The van der Waals surface area contributed by atoms with Gasteiger partial charge in [0.1, 0.15) is 0 Å². The molecule has 1 N–H and O–H groups in total. The zero-order chi connectivity index (χ0) is 14.8. The molecule has 0 bridgehead atoms. The van der Waals surface area contributed by atoms with E-state index < -0.39 is 0 Å². The van der Waals surface area contributed by atoms with Gasteiger partial charge in [-0.2, -0.15) is 5.10 Å². The average Bonchev–Trinajstić information content (AvgIpc) is 2.82. The molecular weight excluding hydrogens is 246 g/mol. The van der Waals surface area contributed by atoms with Crippen LogP contribution in [0.4, 0.5) is 0 Å². The van der Waals surface area contributed by atoms with Crippen LogP contribution in [-0.4, -0.2) is 15.3 Å². The van der Waals surface area contributed by atoms with Crippen LogP contribution >= 0.6 is 0 Å². The second-order valence-corrected chi connectivity index (χ2v) is 6.84. The zero-order valence-corrected chi connectivity index (χ0v) is 13.9. The van der Waals surface area contributed by atoms with Gasteiger partial charge in [-0.15, -0.1) is 0 Å². The topological polar surface area (TPSA) is 29.9 Å². The minimum absolute atomic E-state index is 0.167. The van der Waals surface area contributed by atoms with E-state index in [0.717, 1.165) is 13.1 Å². The van der Waals surface area contributed by atoms with Gasteiger partial charge in [0.25, 0.3) is 0 Å². The molecule has 1 aromatic rings. The van der Waals surface area contributed by atoms with Gasteiger partial charge in [0.15, 0.2) is 0 Å². The Bertz CT molecular complexity index is 349. The monoisotopic (exact) mass is 279 g/mol. The van der Waals surface area contributed by atoms with Crippen LogP contribution in [0.2, 0.25) is 0 Å². The maximum atomic E-state index is 4.44. The molecule has 0 aromatic carbocycles. The molecule has 0 aliphatic rings. The van der Waals surface area contributed by atoms with E-state index in [-0.39, 0.29) is 5.54 Å². The highest BCUT2D eigenvalue weighted by Gasteiger charge is 2.09. The summed E-state index contributed by atoms with van der Waals surface area (Å²) in [5.41, 5.74) is 1.45. The third-order valence-corrected chi connectivity index (χ3v) is 3.50. The van der Waals surface area contributed by atoms with E-state index in [1.807, 2.05) is 6.20 Å². The quantitative estimate of drug-likeness (QED) is 0.638. The number of nitrogens with one attached hydrogen (secondary N) is 1. The van der Waals surface area contributed by atoms with Crippen LogP contribution in [0.3, 0.4) is 0 Å². The van der Waals surface area contributed by atoms with Crippen molar-refractivity contribution < 1.29 is 0 Å². The van der Waals surface area contributed by atoms with Crippen LogP contribution in [0.5, 0.6) is 0 Å². The fourth-order valence-electron chi connectivity index (χ4n) is 2.22. The number of rotatable bonds is 10. The van der Waals surface area contributed by atoms with E-state index in [9.17, 15) is 0 Å². The number of hydrogen-bond donors (Lipinski definition) is 1. The third-order valence-electron chi connectivity index (χ3n) is 3.50. The van der Waals surface area contributed by atoms with E-state index in [4.69, 9.17) is 0 Å². The predicted molar refractivity (Wildman–Crippen MR) is 86.8 cm³/mol. The molecule has 0 amide bonds. The van der Waals surface area contributed by atoms with Crippen molar-refractivity contribution in [1.29, 1.82) is 0 Å². The maximum Gasteiger partial charge on any atom is 0.0534 e. The summed E-state index contributed by atoms with van der Waals surface area (Å²) in [5, 5.41) is 7.93. The van der Waals surface area contributed by atoms with Crippen LogP contribution in [-0.2, 0) is 13.1 Å². The van der Waals surface area contributed by atoms with Gasteiger partial charge < -0.3 is 5.32 Å². The van der Waals surface area contributed by atoms with E-state index in [1.165, 1.54) is 50.5 Å². The first-order valence-electron chi connectivity index (χ1n) is 8.27. The summed E-state index contributed by atoms with van der Waals surface area (Å²) in [6.45, 7) is 10.8. The molecule has 0 spiro atoms. The summed E-state index contributed by atoms with van der Waals surface area (Å²) in [5.74, 6) is 0. The Morgan fingerprint density at radius 2 is 1.70 bits per heavy atom. The lowest BCUT2D eigenvalue weighted by atomic mass is 10.1. The Labute approximate surface area is 125 Å². The van der Waals surface area contributed by atoms with Gasteiger partial charge in [0, 0.05) is 30.4 Å². The summed E-state index contributed by atoms with van der Waals surface area (Å²) in [6.07, 6.45) is 13.6. The van der Waals surface area contributed by atoms with Crippen LogP contribution in [0, 0.1) is 0 Å². The summed E-state index contributed by atoms with van der Waals surface area (Å²) >= 11 is 0. The van der Waals surface area contributed by atoms with Crippen molar-refractivity contribution in [1.82, 2.24) is 15.1 Å². The van der Waals surface area contributed by atoms with Crippen molar-refractivity contribution in [2.24, 2.45) is 0 Å². The molecule has 3 nitrogen and oxygen atoms in total. The lowest BCUT2D eigenvalue weighted by molar-refractivity contribution is 0.424. The van der Waals surface area contributed by atoms with Crippen LogP contribution < -0.4 is 5.32 Å². The largest absolute Gasteiger partial charge is 0.308 e. The lowest BCUT2D eigenvalue weighted by Crippen LogP contribution is -2.34. The van der Waals surface area contributed by atoms with Crippen LogP contribution in [0.15, 0.2) is 12.4 Å². The normalized spacial score (nSPS) is 12.0. The molecule has 3 heteroatoms. The van der Waals surface area contributed by atoms with Crippen molar-refractivity contribution in [3.63, 3.8) is 0 Å². The fraction of sp³-hybridized carbons (Fsp3) is 0.824. The highest BCUT2D eigenvalue weighted by molar-refractivity contribution is 5.03. The minimum atomic E-state index is 0.167. The number of aryl methyl sites for hydroxylation is 1. The van der Waals surface area contributed by atoms with E-state index in [2.05, 4.69) is 49.0 Å². The Morgan fingerprint density at radius 3 is 2.35 bits per heavy atom. The molecule has 1 heterocycles. The molecule has 0 saturated carbocycles. The molecule has 0 saturated heterocycles. The highest BCUT2D eigenvalue weighted by Crippen LogP contribution is 2.08. The van der Waals surface area contributed by atoms with Gasteiger partial charge in [-0.05, 0) is 27.2 Å². The minimum Gasteiger partial charge on any atom is -0.308 e. The molecule has 0 aliphatic heterocycles. The van der Waals surface area contributed by atoms with Crippen LogP contribution in [0.1, 0.15) is 78.2 Å².